The SMILES string of the molecule is O=C(O)c1cc2ccccc2c(C(F)(F)F)c1O. The van der Waals surface area contributed by atoms with Crippen LogP contribution in [-0.4, -0.2) is 16.2 Å². The molecule has 0 aromatic heterocycles. The summed E-state index contributed by atoms with van der Waals surface area (Å²) in [5.74, 6) is -2.86. The van der Waals surface area contributed by atoms with Gasteiger partial charge < -0.3 is 10.2 Å². The molecule has 6 heteroatoms. The molecule has 0 unspecified atom stereocenters. The van der Waals surface area contributed by atoms with Gasteiger partial charge in [-0.15, -0.1) is 0 Å². The van der Waals surface area contributed by atoms with Crippen molar-refractivity contribution in [3.8, 4) is 5.75 Å². The molecule has 0 saturated carbocycles. The zero-order chi connectivity index (χ0) is 13.5. The third-order valence-electron chi connectivity index (χ3n) is 2.54. The van der Waals surface area contributed by atoms with E-state index in [-0.39, 0.29) is 10.8 Å². The number of fused-ring (bicyclic) bond motifs is 1. The van der Waals surface area contributed by atoms with Crippen molar-refractivity contribution < 1.29 is 28.2 Å². The van der Waals surface area contributed by atoms with E-state index in [0.717, 1.165) is 6.07 Å². The molecule has 0 saturated heterocycles. The molecule has 0 aliphatic rings. The lowest BCUT2D eigenvalue weighted by Gasteiger charge is -2.14. The monoisotopic (exact) mass is 256 g/mol. The largest absolute Gasteiger partial charge is 0.506 e. The highest BCUT2D eigenvalue weighted by Crippen LogP contribution is 2.42. The van der Waals surface area contributed by atoms with Gasteiger partial charge in [0.2, 0.25) is 0 Å². The predicted octanol–water partition coefficient (Wildman–Crippen LogP) is 3.26. The first kappa shape index (κ1) is 12.2. The molecule has 2 aromatic carbocycles. The Kier molecular flexibility index (Phi) is 2.65. The number of hydrogen-bond donors (Lipinski definition) is 2. The molecule has 2 N–H and O–H groups in total. The average molecular weight is 256 g/mol. The molecule has 0 heterocycles. The van der Waals surface area contributed by atoms with Crippen LogP contribution >= 0.6 is 0 Å². The molecule has 0 amide bonds. The van der Waals surface area contributed by atoms with Gasteiger partial charge >= 0.3 is 12.1 Å². The number of hydrogen-bond acceptors (Lipinski definition) is 2. The Bertz CT molecular complexity index is 632. The van der Waals surface area contributed by atoms with Crippen LogP contribution in [0, 0.1) is 0 Å². The normalized spacial score (nSPS) is 11.7. The van der Waals surface area contributed by atoms with Gasteiger partial charge in [0.25, 0.3) is 0 Å². The van der Waals surface area contributed by atoms with Crippen LogP contribution in [-0.2, 0) is 6.18 Å². The maximum absolute atomic E-state index is 12.9. The smallest absolute Gasteiger partial charge is 0.420 e. The number of carboxylic acid groups (broad SMARTS) is 1. The van der Waals surface area contributed by atoms with Crippen molar-refractivity contribution in [1.29, 1.82) is 0 Å². The lowest BCUT2D eigenvalue weighted by Crippen LogP contribution is -2.09. The van der Waals surface area contributed by atoms with Gasteiger partial charge in [-0.2, -0.15) is 13.2 Å². The fraction of sp³-hybridized carbons (Fsp3) is 0.0833. The standard InChI is InChI=1S/C12H7F3O3/c13-12(14,15)9-7-4-2-1-3-6(7)5-8(10(9)16)11(17)18/h1-5,16H,(H,17,18). The molecular formula is C12H7F3O3. The second-order valence-electron chi connectivity index (χ2n) is 3.67. The number of carbonyl (C=O) groups is 1. The van der Waals surface area contributed by atoms with Gasteiger partial charge in [-0.3, -0.25) is 0 Å². The van der Waals surface area contributed by atoms with Gasteiger partial charge in [0.1, 0.15) is 16.9 Å². The first-order valence-electron chi connectivity index (χ1n) is 4.87. The zero-order valence-electron chi connectivity index (χ0n) is 8.82. The average Bonchev–Trinajstić information content (AvgIpc) is 2.25. The lowest BCUT2D eigenvalue weighted by atomic mass is 9.99. The Hall–Kier alpha value is -2.24. The predicted molar refractivity (Wildman–Crippen MR) is 57.6 cm³/mol. The van der Waals surface area contributed by atoms with Crippen LogP contribution in [0.1, 0.15) is 15.9 Å². The Labute approximate surface area is 99.1 Å². The quantitative estimate of drug-likeness (QED) is 0.823. The fourth-order valence-electron chi connectivity index (χ4n) is 1.79. The molecule has 0 radical (unpaired) electrons. The second-order valence-corrected chi connectivity index (χ2v) is 3.67. The number of alkyl halides is 3. The maximum atomic E-state index is 12.9. The van der Waals surface area contributed by atoms with Crippen molar-refractivity contribution in [3.63, 3.8) is 0 Å². The summed E-state index contributed by atoms with van der Waals surface area (Å²) in [7, 11) is 0. The number of aromatic hydroxyl groups is 1. The van der Waals surface area contributed by atoms with E-state index in [0.29, 0.717) is 0 Å². The first-order chi connectivity index (χ1) is 8.32. The first-order valence-corrected chi connectivity index (χ1v) is 4.87. The minimum absolute atomic E-state index is 0.111. The van der Waals surface area contributed by atoms with E-state index in [9.17, 15) is 23.1 Å². The molecule has 0 bridgehead atoms. The number of phenols is 1. The highest BCUT2D eigenvalue weighted by molar-refractivity contribution is 5.99. The van der Waals surface area contributed by atoms with Crippen molar-refractivity contribution in [2.45, 2.75) is 6.18 Å². The van der Waals surface area contributed by atoms with E-state index in [4.69, 9.17) is 5.11 Å². The minimum atomic E-state index is -4.82. The zero-order valence-corrected chi connectivity index (χ0v) is 8.82. The van der Waals surface area contributed by atoms with Gasteiger partial charge in [0.05, 0.1) is 0 Å². The maximum Gasteiger partial charge on any atom is 0.420 e. The molecular weight excluding hydrogens is 249 g/mol. The number of halogens is 3. The second kappa shape index (κ2) is 3.90. The lowest BCUT2D eigenvalue weighted by molar-refractivity contribution is -0.137. The Morgan fingerprint density at radius 2 is 1.78 bits per heavy atom. The minimum Gasteiger partial charge on any atom is -0.506 e. The van der Waals surface area contributed by atoms with E-state index in [1.54, 1.807) is 0 Å². The highest BCUT2D eigenvalue weighted by Gasteiger charge is 2.37. The molecule has 0 fully saturated rings. The molecule has 94 valence electrons. The summed E-state index contributed by atoms with van der Waals surface area (Å²) in [5, 5.41) is 18.2. The highest BCUT2D eigenvalue weighted by atomic mass is 19.4. The summed E-state index contributed by atoms with van der Waals surface area (Å²) in [4.78, 5) is 10.8. The summed E-state index contributed by atoms with van der Waals surface area (Å²) in [6.45, 7) is 0. The molecule has 0 spiro atoms. The molecule has 3 nitrogen and oxygen atoms in total. The van der Waals surface area contributed by atoms with E-state index >= 15 is 0 Å². The Morgan fingerprint density at radius 3 is 2.33 bits per heavy atom. The van der Waals surface area contributed by atoms with Gasteiger partial charge in [0.15, 0.2) is 0 Å². The van der Waals surface area contributed by atoms with Crippen molar-refractivity contribution in [2.75, 3.05) is 0 Å². The van der Waals surface area contributed by atoms with Gasteiger partial charge in [-0.1, -0.05) is 24.3 Å². The number of aromatic carboxylic acids is 1. The molecule has 0 atom stereocenters. The number of rotatable bonds is 1. The fourth-order valence-corrected chi connectivity index (χ4v) is 1.79. The van der Waals surface area contributed by atoms with Crippen molar-refractivity contribution >= 4 is 16.7 Å². The van der Waals surface area contributed by atoms with Crippen LogP contribution in [0.2, 0.25) is 0 Å². The van der Waals surface area contributed by atoms with Crippen LogP contribution < -0.4 is 0 Å². The summed E-state index contributed by atoms with van der Waals surface area (Å²) >= 11 is 0. The molecule has 18 heavy (non-hydrogen) atoms. The van der Waals surface area contributed by atoms with Gasteiger partial charge in [-0.25, -0.2) is 4.79 Å². The van der Waals surface area contributed by atoms with Crippen LogP contribution in [0.15, 0.2) is 30.3 Å². The Morgan fingerprint density at radius 1 is 1.17 bits per heavy atom. The third-order valence-corrected chi connectivity index (χ3v) is 2.54. The van der Waals surface area contributed by atoms with E-state index in [1.807, 2.05) is 0 Å². The topological polar surface area (TPSA) is 57.5 Å². The molecule has 0 aliphatic carbocycles. The van der Waals surface area contributed by atoms with Crippen molar-refractivity contribution in [2.24, 2.45) is 0 Å². The van der Waals surface area contributed by atoms with Gasteiger partial charge in [0, 0.05) is 0 Å². The van der Waals surface area contributed by atoms with Crippen LogP contribution in [0.4, 0.5) is 13.2 Å². The summed E-state index contributed by atoms with van der Waals surface area (Å²) in [6, 6.07) is 6.44. The van der Waals surface area contributed by atoms with Crippen molar-refractivity contribution in [1.82, 2.24) is 0 Å². The van der Waals surface area contributed by atoms with Gasteiger partial charge in [-0.05, 0) is 16.8 Å². The van der Waals surface area contributed by atoms with Crippen molar-refractivity contribution in [3.05, 3.63) is 41.5 Å². The summed E-state index contributed by atoms with van der Waals surface area (Å²) < 4.78 is 38.6. The molecule has 2 aromatic rings. The van der Waals surface area contributed by atoms with E-state index in [2.05, 4.69) is 0 Å². The van der Waals surface area contributed by atoms with E-state index in [1.165, 1.54) is 24.3 Å². The number of carboxylic acids is 1. The molecule has 0 aliphatic heterocycles. The third kappa shape index (κ3) is 1.85. The Balaban J connectivity index is 2.95. The van der Waals surface area contributed by atoms with Crippen LogP contribution in [0.25, 0.3) is 10.8 Å². The summed E-state index contributed by atoms with van der Waals surface area (Å²) in [6.07, 6.45) is -4.82. The van der Waals surface area contributed by atoms with E-state index < -0.39 is 29.0 Å². The van der Waals surface area contributed by atoms with Crippen LogP contribution in [0.3, 0.4) is 0 Å². The summed E-state index contributed by atoms with van der Waals surface area (Å²) in [5.41, 5.74) is -2.08. The number of benzene rings is 2. The molecule has 2 rings (SSSR count). The van der Waals surface area contributed by atoms with Crippen LogP contribution in [0.5, 0.6) is 5.75 Å².